The molecule has 0 fully saturated rings. The molecule has 1 heterocycles. The molecule has 3 nitrogen and oxygen atoms in total. The Kier molecular flexibility index (Phi) is 9.14. The summed E-state index contributed by atoms with van der Waals surface area (Å²) >= 11 is 6.38. The first-order valence-electron chi connectivity index (χ1n) is 9.90. The first-order valence-corrected chi connectivity index (χ1v) is 12.8. The molecule has 0 saturated carbocycles. The van der Waals surface area contributed by atoms with E-state index in [1.807, 2.05) is 0 Å². The molecule has 29 heavy (non-hydrogen) atoms. The number of pyridine rings is 1. The number of nitrogens with one attached hydrogen (secondary N) is 1. The molecular weight excluding hydrogens is 417 g/mol. The summed E-state index contributed by atoms with van der Waals surface area (Å²) in [5.41, 5.74) is 1.46. The lowest BCUT2D eigenvalue weighted by molar-refractivity contribution is 0.181. The average molecular weight is 445 g/mol. The van der Waals surface area contributed by atoms with Gasteiger partial charge in [-0.05, 0) is 41.9 Å². The van der Waals surface area contributed by atoms with Crippen molar-refractivity contribution in [3.63, 3.8) is 0 Å². The Morgan fingerprint density at radius 2 is 1.66 bits per heavy atom. The molecule has 1 aromatic carbocycles. The van der Waals surface area contributed by atoms with Crippen molar-refractivity contribution in [2.75, 3.05) is 6.54 Å². The van der Waals surface area contributed by atoms with Crippen molar-refractivity contribution in [3.8, 4) is 0 Å². The fourth-order valence-electron chi connectivity index (χ4n) is 3.35. The van der Waals surface area contributed by atoms with Crippen LogP contribution in [0, 0.1) is 11.6 Å². The number of aromatic nitrogens is 1. The number of hydrogen-bond donors (Lipinski definition) is 1. The van der Waals surface area contributed by atoms with Gasteiger partial charge in [0.1, 0.15) is 24.4 Å². The van der Waals surface area contributed by atoms with Crippen LogP contribution in [-0.2, 0) is 17.6 Å². The molecule has 8 heteroatoms. The third-order valence-corrected chi connectivity index (χ3v) is 10.2. The summed E-state index contributed by atoms with van der Waals surface area (Å²) < 4.78 is 46.4. The summed E-state index contributed by atoms with van der Waals surface area (Å²) in [5.74, 6) is -1.23. The van der Waals surface area contributed by atoms with Crippen LogP contribution in [0.25, 0.3) is 0 Å². The van der Waals surface area contributed by atoms with E-state index < -0.39 is 32.7 Å². The molecule has 0 bridgehead atoms. The number of halogens is 4. The van der Waals surface area contributed by atoms with E-state index in [0.29, 0.717) is 28.4 Å². The van der Waals surface area contributed by atoms with Crippen LogP contribution in [0.5, 0.6) is 0 Å². The van der Waals surface area contributed by atoms with E-state index in [1.165, 1.54) is 18.3 Å². The average Bonchev–Trinajstić information content (AvgIpc) is 2.70. The van der Waals surface area contributed by atoms with E-state index in [2.05, 4.69) is 31.1 Å². The minimum Gasteiger partial charge on any atom is -0.407 e. The van der Waals surface area contributed by atoms with Crippen LogP contribution in [0.1, 0.15) is 43.7 Å². The number of nitrogens with zero attached hydrogens (tertiary/aromatic N) is 1. The van der Waals surface area contributed by atoms with Crippen molar-refractivity contribution in [3.05, 3.63) is 63.9 Å². The highest BCUT2D eigenvalue weighted by molar-refractivity contribution is 6.73. The Hall–Kier alpha value is -1.41. The molecule has 160 valence electrons. The molecule has 0 spiro atoms. The summed E-state index contributed by atoms with van der Waals surface area (Å²) in [4.78, 5) is 4.36. The van der Waals surface area contributed by atoms with Gasteiger partial charge in [-0.2, -0.15) is 0 Å². The third kappa shape index (κ3) is 6.54. The summed E-state index contributed by atoms with van der Waals surface area (Å²) in [6, 6.07) is 7.83. The molecular formula is C21H28ClF3N2OSi. The second kappa shape index (κ2) is 11.1. The Labute approximate surface area is 176 Å². The van der Waals surface area contributed by atoms with Crippen LogP contribution in [-0.4, -0.2) is 19.8 Å². The lowest BCUT2D eigenvalue weighted by atomic mass is 10.2. The Morgan fingerprint density at radius 1 is 1.03 bits per heavy atom. The minimum absolute atomic E-state index is 0.271. The number of rotatable bonds is 11. The van der Waals surface area contributed by atoms with E-state index in [4.69, 9.17) is 16.0 Å². The van der Waals surface area contributed by atoms with Crippen LogP contribution in [0.3, 0.4) is 0 Å². The van der Waals surface area contributed by atoms with Gasteiger partial charge in [0.25, 0.3) is 0 Å². The van der Waals surface area contributed by atoms with E-state index in [0.717, 1.165) is 24.2 Å². The van der Waals surface area contributed by atoms with Crippen LogP contribution in [0.2, 0.25) is 23.2 Å². The fraction of sp³-hybridized carbons (Fsp3) is 0.476. The highest BCUT2D eigenvalue weighted by Gasteiger charge is 2.33. The van der Waals surface area contributed by atoms with Gasteiger partial charge >= 0.3 is 0 Å². The molecule has 0 amide bonds. The molecule has 0 saturated heterocycles. The maximum Gasteiger partial charge on any atom is 0.193 e. The van der Waals surface area contributed by atoms with Gasteiger partial charge in [-0.1, -0.05) is 32.4 Å². The quantitative estimate of drug-likeness (QED) is 0.411. The molecule has 2 rings (SSSR count). The zero-order chi connectivity index (χ0) is 21.4. The fourth-order valence-corrected chi connectivity index (χ4v) is 6.46. The normalized spacial score (nSPS) is 12.9. The van der Waals surface area contributed by atoms with E-state index in [9.17, 15) is 13.2 Å². The van der Waals surface area contributed by atoms with E-state index in [-0.39, 0.29) is 6.54 Å². The maximum atomic E-state index is 13.4. The topological polar surface area (TPSA) is 34.1 Å². The van der Waals surface area contributed by atoms with Gasteiger partial charge in [-0.3, -0.25) is 4.98 Å². The summed E-state index contributed by atoms with van der Waals surface area (Å²) in [7, 11) is -1.99. The second-order valence-electron chi connectivity index (χ2n) is 7.10. The first kappa shape index (κ1) is 23.9. The van der Waals surface area contributed by atoms with Crippen molar-refractivity contribution in [2.45, 2.75) is 58.2 Å². The molecule has 0 aliphatic rings. The van der Waals surface area contributed by atoms with Crippen molar-refractivity contribution >= 4 is 19.9 Å². The predicted molar refractivity (Wildman–Crippen MR) is 113 cm³/mol. The SMILES string of the molecule is CC[Si](CC)(CC)OC(CNCc1cc(F)cc(F)c1)c1ncc(CF)cc1Cl. The van der Waals surface area contributed by atoms with Crippen molar-refractivity contribution in [1.29, 1.82) is 0 Å². The third-order valence-electron chi connectivity index (χ3n) is 5.29. The maximum absolute atomic E-state index is 13.4. The van der Waals surface area contributed by atoms with Gasteiger partial charge in [0.2, 0.25) is 0 Å². The van der Waals surface area contributed by atoms with Crippen molar-refractivity contribution < 1.29 is 17.6 Å². The van der Waals surface area contributed by atoms with Gasteiger partial charge < -0.3 is 9.74 Å². The van der Waals surface area contributed by atoms with Gasteiger partial charge in [0, 0.05) is 30.9 Å². The highest BCUT2D eigenvalue weighted by Crippen LogP contribution is 2.32. The van der Waals surface area contributed by atoms with Gasteiger partial charge in [-0.15, -0.1) is 0 Å². The molecule has 0 radical (unpaired) electrons. The monoisotopic (exact) mass is 444 g/mol. The summed E-state index contributed by atoms with van der Waals surface area (Å²) in [5, 5.41) is 3.55. The van der Waals surface area contributed by atoms with E-state index >= 15 is 0 Å². The molecule has 2 aromatic rings. The Balaban J connectivity index is 2.22. The lowest BCUT2D eigenvalue weighted by Gasteiger charge is -2.33. The molecule has 1 aromatic heterocycles. The molecule has 1 atom stereocenters. The number of hydrogen-bond acceptors (Lipinski definition) is 3. The first-order chi connectivity index (χ1) is 13.9. The standard InChI is InChI=1S/C21H28ClF3N2OSi/c1-4-29(5-2,6-3)28-20(21-19(22)9-16(11-23)13-27-21)14-26-12-15-7-17(24)10-18(25)8-15/h7-10,13,20,26H,4-6,11-12,14H2,1-3H3. The summed E-state index contributed by atoms with van der Waals surface area (Å²) in [6.45, 7) is 6.38. The molecule has 1 unspecified atom stereocenters. The zero-order valence-electron chi connectivity index (χ0n) is 17.1. The zero-order valence-corrected chi connectivity index (χ0v) is 18.8. The van der Waals surface area contributed by atoms with Crippen LogP contribution in [0.15, 0.2) is 30.5 Å². The van der Waals surface area contributed by atoms with Crippen molar-refractivity contribution in [2.24, 2.45) is 0 Å². The van der Waals surface area contributed by atoms with Gasteiger partial charge in [0.05, 0.1) is 10.7 Å². The van der Waals surface area contributed by atoms with Crippen LogP contribution >= 0.6 is 11.6 Å². The molecule has 0 aliphatic heterocycles. The Morgan fingerprint density at radius 3 is 2.17 bits per heavy atom. The predicted octanol–water partition coefficient (Wildman–Crippen LogP) is 6.34. The molecule has 0 aliphatic carbocycles. The summed E-state index contributed by atoms with van der Waals surface area (Å²) in [6.07, 6.45) is 1.04. The number of alkyl halides is 1. The number of benzene rings is 1. The van der Waals surface area contributed by atoms with Crippen LogP contribution in [0.4, 0.5) is 13.2 Å². The van der Waals surface area contributed by atoms with Gasteiger partial charge in [-0.25, -0.2) is 13.2 Å². The highest BCUT2D eigenvalue weighted by atomic mass is 35.5. The molecule has 1 N–H and O–H groups in total. The largest absolute Gasteiger partial charge is 0.407 e. The minimum atomic E-state index is -1.99. The van der Waals surface area contributed by atoms with Gasteiger partial charge in [0.15, 0.2) is 8.32 Å². The lowest BCUT2D eigenvalue weighted by Crippen LogP contribution is -2.40. The van der Waals surface area contributed by atoms with E-state index in [1.54, 1.807) is 6.07 Å². The van der Waals surface area contributed by atoms with Crippen molar-refractivity contribution in [1.82, 2.24) is 10.3 Å². The second-order valence-corrected chi connectivity index (χ2v) is 12.2. The van der Waals surface area contributed by atoms with Crippen LogP contribution < -0.4 is 5.32 Å². The smallest absolute Gasteiger partial charge is 0.193 e. The Bertz CT molecular complexity index is 777.